The van der Waals surface area contributed by atoms with Crippen LogP contribution in [0.2, 0.25) is 0 Å². The second-order valence-electron chi connectivity index (χ2n) is 5.60. The Kier molecular flexibility index (Phi) is 3.58. The van der Waals surface area contributed by atoms with Crippen LogP contribution in [0.25, 0.3) is 22.4 Å². The molecule has 0 radical (unpaired) electrons. The Balaban J connectivity index is 1.69. The molecule has 0 spiro atoms. The molecule has 0 amide bonds. The van der Waals surface area contributed by atoms with Crippen LogP contribution in [0, 0.1) is 0 Å². The maximum atomic E-state index is 12.7. The summed E-state index contributed by atoms with van der Waals surface area (Å²) < 4.78 is 29.3. The zero-order valence-electron chi connectivity index (χ0n) is 13.5. The summed E-state index contributed by atoms with van der Waals surface area (Å²) in [7, 11) is -2.14. The summed E-state index contributed by atoms with van der Waals surface area (Å²) in [5.74, 6) is 0.511. The maximum absolute atomic E-state index is 12.7. The molecule has 11 heteroatoms. The Morgan fingerprint density at radius 1 is 1.08 bits per heavy atom. The van der Waals surface area contributed by atoms with Gasteiger partial charge in [-0.1, -0.05) is 12.1 Å². The van der Waals surface area contributed by atoms with Crippen LogP contribution >= 0.6 is 0 Å². The molecule has 0 saturated carbocycles. The number of tetrazole rings is 1. The first-order chi connectivity index (χ1) is 12.4. The molecule has 0 unspecified atom stereocenters. The minimum Gasteiger partial charge on any atom is -0.306 e. The molecule has 2 aromatic heterocycles. The van der Waals surface area contributed by atoms with E-state index in [1.807, 2.05) is 0 Å². The van der Waals surface area contributed by atoms with Gasteiger partial charge in [-0.2, -0.15) is 0 Å². The van der Waals surface area contributed by atoms with Gasteiger partial charge in [-0.05, 0) is 40.8 Å². The van der Waals surface area contributed by atoms with Crippen molar-refractivity contribution in [3.63, 3.8) is 0 Å². The summed E-state index contributed by atoms with van der Waals surface area (Å²) in [6, 6.07) is 11.1. The van der Waals surface area contributed by atoms with E-state index in [1.165, 1.54) is 22.9 Å². The van der Waals surface area contributed by atoms with Crippen LogP contribution in [-0.4, -0.2) is 38.6 Å². The van der Waals surface area contributed by atoms with Crippen LogP contribution in [0.3, 0.4) is 0 Å². The number of aryl methyl sites for hydroxylation is 1. The SMILES string of the molecule is Cn1nnnc1-c1cccc(NS(=O)(=O)c2ccc3[nH]c(=O)[nH]c3c2)c1. The van der Waals surface area contributed by atoms with Gasteiger partial charge < -0.3 is 9.97 Å². The summed E-state index contributed by atoms with van der Waals surface area (Å²) in [5.41, 5.74) is 1.59. The minimum absolute atomic E-state index is 0.0333. The van der Waals surface area contributed by atoms with Gasteiger partial charge in [0.25, 0.3) is 10.0 Å². The first-order valence-corrected chi connectivity index (χ1v) is 8.98. The lowest BCUT2D eigenvalue weighted by Crippen LogP contribution is -2.13. The van der Waals surface area contributed by atoms with Gasteiger partial charge in [-0.25, -0.2) is 17.9 Å². The van der Waals surface area contributed by atoms with E-state index in [-0.39, 0.29) is 4.90 Å². The number of benzene rings is 2. The number of H-pyrrole nitrogens is 2. The van der Waals surface area contributed by atoms with Gasteiger partial charge in [0.05, 0.1) is 15.9 Å². The number of nitrogens with zero attached hydrogens (tertiary/aromatic N) is 4. The number of hydrogen-bond donors (Lipinski definition) is 3. The van der Waals surface area contributed by atoms with E-state index < -0.39 is 15.7 Å². The fraction of sp³-hybridized carbons (Fsp3) is 0.0667. The molecule has 10 nitrogen and oxygen atoms in total. The predicted octanol–water partition coefficient (Wildman–Crippen LogP) is 0.847. The Labute approximate surface area is 146 Å². The Morgan fingerprint density at radius 3 is 2.65 bits per heavy atom. The van der Waals surface area contributed by atoms with E-state index in [9.17, 15) is 13.2 Å². The molecule has 2 heterocycles. The molecule has 0 aliphatic rings. The zero-order valence-corrected chi connectivity index (χ0v) is 14.3. The molecular formula is C15H13N7O3S. The summed E-state index contributed by atoms with van der Waals surface area (Å²) in [6.07, 6.45) is 0. The molecule has 0 bridgehead atoms. The number of rotatable bonds is 4. The van der Waals surface area contributed by atoms with Crippen LogP contribution in [0.15, 0.2) is 52.2 Å². The van der Waals surface area contributed by atoms with Crippen LogP contribution in [-0.2, 0) is 17.1 Å². The van der Waals surface area contributed by atoms with E-state index >= 15 is 0 Å². The topological polar surface area (TPSA) is 138 Å². The van der Waals surface area contributed by atoms with Gasteiger partial charge in [-0.3, -0.25) is 4.72 Å². The molecule has 3 N–H and O–H groups in total. The van der Waals surface area contributed by atoms with Crippen molar-refractivity contribution in [2.75, 3.05) is 4.72 Å². The number of sulfonamides is 1. The highest BCUT2D eigenvalue weighted by molar-refractivity contribution is 7.92. The third-order valence-electron chi connectivity index (χ3n) is 3.79. The van der Waals surface area contributed by atoms with Crippen molar-refractivity contribution in [2.45, 2.75) is 4.90 Å². The third kappa shape index (κ3) is 2.84. The molecule has 132 valence electrons. The molecule has 2 aromatic carbocycles. The fourth-order valence-electron chi connectivity index (χ4n) is 2.59. The van der Waals surface area contributed by atoms with Crippen molar-refractivity contribution in [2.24, 2.45) is 7.05 Å². The molecule has 0 aliphatic heterocycles. The summed E-state index contributed by atoms with van der Waals surface area (Å²) >= 11 is 0. The lowest BCUT2D eigenvalue weighted by atomic mass is 10.2. The quantitative estimate of drug-likeness (QED) is 0.486. The number of aromatic amines is 2. The second kappa shape index (κ2) is 5.81. The highest BCUT2D eigenvalue weighted by Crippen LogP contribution is 2.23. The van der Waals surface area contributed by atoms with Gasteiger partial charge in [0.15, 0.2) is 5.82 Å². The molecular weight excluding hydrogens is 358 g/mol. The average molecular weight is 371 g/mol. The number of imidazole rings is 1. The predicted molar refractivity (Wildman–Crippen MR) is 94.0 cm³/mol. The summed E-state index contributed by atoms with van der Waals surface area (Å²) in [6.45, 7) is 0. The van der Waals surface area contributed by atoms with Crippen LogP contribution in [0.5, 0.6) is 0 Å². The summed E-state index contributed by atoms with van der Waals surface area (Å²) in [5, 5.41) is 11.2. The van der Waals surface area contributed by atoms with Crippen molar-refractivity contribution < 1.29 is 8.42 Å². The van der Waals surface area contributed by atoms with Gasteiger partial charge in [0.1, 0.15) is 0 Å². The smallest absolute Gasteiger partial charge is 0.306 e. The highest BCUT2D eigenvalue weighted by atomic mass is 32.2. The number of fused-ring (bicyclic) bond motifs is 1. The van der Waals surface area contributed by atoms with Crippen molar-refractivity contribution in [3.8, 4) is 11.4 Å². The number of hydrogen-bond acceptors (Lipinski definition) is 6. The molecule has 0 fully saturated rings. The number of anilines is 1. The number of aromatic nitrogens is 6. The summed E-state index contributed by atoms with van der Waals surface area (Å²) in [4.78, 5) is 16.5. The van der Waals surface area contributed by atoms with Gasteiger partial charge in [-0.15, -0.1) is 5.10 Å². The first-order valence-electron chi connectivity index (χ1n) is 7.50. The zero-order chi connectivity index (χ0) is 18.3. The lowest BCUT2D eigenvalue weighted by Gasteiger charge is -2.09. The third-order valence-corrected chi connectivity index (χ3v) is 5.17. The minimum atomic E-state index is -3.84. The van der Waals surface area contributed by atoms with Crippen molar-refractivity contribution in [1.82, 2.24) is 30.2 Å². The van der Waals surface area contributed by atoms with Crippen LogP contribution < -0.4 is 10.4 Å². The van der Waals surface area contributed by atoms with E-state index in [0.717, 1.165) is 0 Å². The van der Waals surface area contributed by atoms with E-state index in [4.69, 9.17) is 0 Å². The molecule has 0 aliphatic carbocycles. The van der Waals surface area contributed by atoms with Crippen LogP contribution in [0.4, 0.5) is 5.69 Å². The highest BCUT2D eigenvalue weighted by Gasteiger charge is 2.16. The first kappa shape index (κ1) is 16.0. The molecule has 4 rings (SSSR count). The van der Waals surface area contributed by atoms with Crippen molar-refractivity contribution in [3.05, 3.63) is 52.9 Å². The maximum Gasteiger partial charge on any atom is 0.323 e. The van der Waals surface area contributed by atoms with Gasteiger partial charge in [0, 0.05) is 18.3 Å². The standard InChI is InChI=1S/C15H13N7O3S/c1-22-14(18-20-21-22)9-3-2-4-10(7-9)19-26(24,25)11-5-6-12-13(8-11)17-15(23)16-12/h2-8,19H,1H3,(H2,16,17,23). The Bertz CT molecular complexity index is 1270. The molecule has 0 saturated heterocycles. The Hall–Kier alpha value is -3.47. The second-order valence-corrected chi connectivity index (χ2v) is 7.28. The largest absolute Gasteiger partial charge is 0.323 e. The normalized spacial score (nSPS) is 11.7. The molecule has 4 aromatic rings. The van der Waals surface area contributed by atoms with E-state index in [2.05, 4.69) is 30.2 Å². The van der Waals surface area contributed by atoms with Gasteiger partial charge in [0.2, 0.25) is 0 Å². The van der Waals surface area contributed by atoms with E-state index in [1.54, 1.807) is 31.3 Å². The molecule has 0 atom stereocenters. The van der Waals surface area contributed by atoms with E-state index in [0.29, 0.717) is 28.1 Å². The number of nitrogens with one attached hydrogen (secondary N) is 3. The fourth-order valence-corrected chi connectivity index (χ4v) is 3.66. The monoisotopic (exact) mass is 371 g/mol. The molecule has 26 heavy (non-hydrogen) atoms. The van der Waals surface area contributed by atoms with Crippen LogP contribution in [0.1, 0.15) is 0 Å². The lowest BCUT2D eigenvalue weighted by molar-refractivity contribution is 0.601. The van der Waals surface area contributed by atoms with Gasteiger partial charge >= 0.3 is 5.69 Å². The average Bonchev–Trinajstić information content (AvgIpc) is 3.18. The van der Waals surface area contributed by atoms with Crippen molar-refractivity contribution in [1.29, 1.82) is 0 Å². The van der Waals surface area contributed by atoms with Crippen molar-refractivity contribution >= 4 is 26.7 Å². The Morgan fingerprint density at radius 2 is 1.88 bits per heavy atom.